The summed E-state index contributed by atoms with van der Waals surface area (Å²) in [6, 6.07) is 12.1. The summed E-state index contributed by atoms with van der Waals surface area (Å²) in [6.07, 6.45) is 3.38. The molecule has 4 rings (SSSR count). The maximum absolute atomic E-state index is 13.0. The van der Waals surface area contributed by atoms with Crippen LogP contribution >= 0.6 is 0 Å². The van der Waals surface area contributed by atoms with E-state index in [0.29, 0.717) is 18.8 Å². The largest absolute Gasteiger partial charge is 0.454 e. The maximum atomic E-state index is 13.0. The molecule has 0 aliphatic carbocycles. The summed E-state index contributed by atoms with van der Waals surface area (Å²) in [5.74, 6) is 1.18. The highest BCUT2D eigenvalue weighted by molar-refractivity contribution is 5.92. The van der Waals surface area contributed by atoms with Crippen molar-refractivity contribution in [3.63, 3.8) is 0 Å². The van der Waals surface area contributed by atoms with E-state index in [9.17, 15) is 9.18 Å². The first-order valence-electron chi connectivity index (χ1n) is 8.56. The summed E-state index contributed by atoms with van der Waals surface area (Å²) < 4.78 is 23.6. The van der Waals surface area contributed by atoms with Gasteiger partial charge in [0, 0.05) is 37.9 Å². The van der Waals surface area contributed by atoms with E-state index in [4.69, 9.17) is 9.47 Å². The van der Waals surface area contributed by atoms with E-state index in [1.807, 2.05) is 23.1 Å². The van der Waals surface area contributed by atoms with Gasteiger partial charge in [0.2, 0.25) is 12.7 Å². The van der Waals surface area contributed by atoms with E-state index in [0.717, 1.165) is 30.1 Å². The molecule has 26 heavy (non-hydrogen) atoms. The Kier molecular flexibility index (Phi) is 4.48. The fraction of sp³-hybridized carbons (Fsp3) is 0.250. The quantitative estimate of drug-likeness (QED) is 0.795. The second kappa shape index (κ2) is 7.07. The number of ether oxygens (including phenoxy) is 2. The fourth-order valence-electron chi connectivity index (χ4n) is 3.13. The zero-order valence-corrected chi connectivity index (χ0v) is 14.2. The molecule has 0 radical (unpaired) electrons. The Bertz CT molecular complexity index is 827. The third kappa shape index (κ3) is 3.49. The van der Waals surface area contributed by atoms with Gasteiger partial charge in [0.05, 0.1) is 0 Å². The Hall–Kier alpha value is -3.02. The third-order valence-corrected chi connectivity index (χ3v) is 4.60. The minimum Gasteiger partial charge on any atom is -0.454 e. The molecular weight excluding hydrogens is 335 g/mol. The van der Waals surface area contributed by atoms with Crippen LogP contribution in [-0.2, 0) is 4.79 Å². The first-order valence-corrected chi connectivity index (χ1v) is 8.56. The summed E-state index contributed by atoms with van der Waals surface area (Å²) >= 11 is 0. The van der Waals surface area contributed by atoms with Gasteiger partial charge in [-0.3, -0.25) is 4.79 Å². The van der Waals surface area contributed by atoms with E-state index in [2.05, 4.69) is 4.90 Å². The molecule has 1 fully saturated rings. The number of anilines is 1. The highest BCUT2D eigenvalue weighted by atomic mass is 19.1. The number of amides is 1. The lowest BCUT2D eigenvalue weighted by molar-refractivity contribution is -0.126. The van der Waals surface area contributed by atoms with Crippen molar-refractivity contribution in [2.45, 2.75) is 0 Å². The van der Waals surface area contributed by atoms with Crippen molar-refractivity contribution in [2.75, 3.05) is 37.9 Å². The summed E-state index contributed by atoms with van der Waals surface area (Å²) in [5, 5.41) is 0. The van der Waals surface area contributed by atoms with Crippen molar-refractivity contribution in [3.05, 3.63) is 59.9 Å². The highest BCUT2D eigenvalue weighted by Crippen LogP contribution is 2.32. The summed E-state index contributed by atoms with van der Waals surface area (Å²) in [4.78, 5) is 16.4. The molecule has 2 aromatic carbocycles. The SMILES string of the molecule is O=C(/C=C\c1ccc2c(c1)OCO2)N1CCN(c2ccc(F)cc2)CC1. The van der Waals surface area contributed by atoms with Crippen LogP contribution in [0.25, 0.3) is 6.08 Å². The Labute approximate surface area is 151 Å². The van der Waals surface area contributed by atoms with Gasteiger partial charge in [0.15, 0.2) is 11.5 Å². The lowest BCUT2D eigenvalue weighted by Gasteiger charge is -2.35. The highest BCUT2D eigenvalue weighted by Gasteiger charge is 2.20. The number of piperazine rings is 1. The molecule has 0 spiro atoms. The van der Waals surface area contributed by atoms with Gasteiger partial charge in [-0.05, 0) is 48.0 Å². The molecule has 0 saturated carbocycles. The van der Waals surface area contributed by atoms with Crippen molar-refractivity contribution in [1.82, 2.24) is 4.90 Å². The second-order valence-corrected chi connectivity index (χ2v) is 6.23. The van der Waals surface area contributed by atoms with Crippen LogP contribution in [0, 0.1) is 5.82 Å². The van der Waals surface area contributed by atoms with E-state index in [1.165, 1.54) is 12.1 Å². The normalized spacial score (nSPS) is 16.3. The number of rotatable bonds is 3. The summed E-state index contributed by atoms with van der Waals surface area (Å²) in [5.41, 5.74) is 1.88. The molecule has 5 nitrogen and oxygen atoms in total. The molecule has 6 heteroatoms. The van der Waals surface area contributed by atoms with Crippen molar-refractivity contribution < 1.29 is 18.7 Å². The van der Waals surface area contributed by atoms with E-state index in [1.54, 1.807) is 24.3 Å². The molecule has 0 atom stereocenters. The van der Waals surface area contributed by atoms with Crippen LogP contribution in [0.4, 0.5) is 10.1 Å². The van der Waals surface area contributed by atoms with Gasteiger partial charge in [-0.15, -0.1) is 0 Å². The molecule has 1 amide bonds. The van der Waals surface area contributed by atoms with Crippen LogP contribution in [0.3, 0.4) is 0 Å². The van der Waals surface area contributed by atoms with Crippen molar-refractivity contribution >= 4 is 17.7 Å². The van der Waals surface area contributed by atoms with Gasteiger partial charge in [-0.2, -0.15) is 0 Å². The predicted octanol–water partition coefficient (Wildman–Crippen LogP) is 2.92. The van der Waals surface area contributed by atoms with Gasteiger partial charge >= 0.3 is 0 Å². The van der Waals surface area contributed by atoms with Gasteiger partial charge in [0.1, 0.15) is 5.82 Å². The standard InChI is InChI=1S/C20H19FN2O3/c21-16-3-5-17(6-4-16)22-9-11-23(12-10-22)20(24)8-2-15-1-7-18-19(13-15)26-14-25-18/h1-8,13H,9-12,14H2/b8-2-. The Morgan fingerprint density at radius 2 is 1.69 bits per heavy atom. The zero-order valence-electron chi connectivity index (χ0n) is 14.2. The minimum atomic E-state index is -0.240. The van der Waals surface area contributed by atoms with Crippen LogP contribution in [0.15, 0.2) is 48.5 Å². The van der Waals surface area contributed by atoms with E-state index >= 15 is 0 Å². The number of hydrogen-bond acceptors (Lipinski definition) is 4. The summed E-state index contributed by atoms with van der Waals surface area (Å²) in [6.45, 7) is 2.98. The van der Waals surface area contributed by atoms with Crippen LogP contribution in [0.5, 0.6) is 11.5 Å². The number of fused-ring (bicyclic) bond motifs is 1. The lowest BCUT2D eigenvalue weighted by Crippen LogP contribution is -2.48. The van der Waals surface area contributed by atoms with Crippen LogP contribution in [0.2, 0.25) is 0 Å². The maximum Gasteiger partial charge on any atom is 0.246 e. The number of benzene rings is 2. The topological polar surface area (TPSA) is 42.0 Å². The van der Waals surface area contributed by atoms with Gasteiger partial charge in [-0.25, -0.2) is 4.39 Å². The first kappa shape index (κ1) is 16.4. The molecule has 2 aliphatic rings. The number of halogens is 1. The predicted molar refractivity (Wildman–Crippen MR) is 96.8 cm³/mol. The second-order valence-electron chi connectivity index (χ2n) is 6.23. The molecule has 0 N–H and O–H groups in total. The molecular formula is C20H19FN2O3. The molecule has 1 saturated heterocycles. The van der Waals surface area contributed by atoms with Crippen molar-refractivity contribution in [2.24, 2.45) is 0 Å². The number of hydrogen-bond donors (Lipinski definition) is 0. The van der Waals surface area contributed by atoms with Crippen LogP contribution < -0.4 is 14.4 Å². The fourth-order valence-corrected chi connectivity index (χ4v) is 3.13. The average molecular weight is 354 g/mol. The van der Waals surface area contributed by atoms with Crippen LogP contribution in [0.1, 0.15) is 5.56 Å². The molecule has 0 unspecified atom stereocenters. The summed E-state index contributed by atoms with van der Waals surface area (Å²) in [7, 11) is 0. The number of carbonyl (C=O) groups is 1. The Morgan fingerprint density at radius 3 is 2.46 bits per heavy atom. The molecule has 2 aromatic rings. The van der Waals surface area contributed by atoms with Gasteiger partial charge in [0.25, 0.3) is 0 Å². The Balaban J connectivity index is 1.34. The van der Waals surface area contributed by atoms with E-state index in [-0.39, 0.29) is 18.5 Å². The molecule has 2 heterocycles. The monoisotopic (exact) mass is 354 g/mol. The molecule has 0 bridgehead atoms. The molecule has 134 valence electrons. The minimum absolute atomic E-state index is 0.0126. The first-order chi connectivity index (χ1) is 12.7. The molecule has 0 aromatic heterocycles. The van der Waals surface area contributed by atoms with E-state index < -0.39 is 0 Å². The smallest absolute Gasteiger partial charge is 0.246 e. The zero-order chi connectivity index (χ0) is 17.9. The number of nitrogens with zero attached hydrogens (tertiary/aromatic N) is 2. The van der Waals surface area contributed by atoms with Crippen molar-refractivity contribution in [3.8, 4) is 11.5 Å². The molecule has 2 aliphatic heterocycles. The lowest BCUT2D eigenvalue weighted by atomic mass is 10.2. The third-order valence-electron chi connectivity index (χ3n) is 4.60. The van der Waals surface area contributed by atoms with Gasteiger partial charge in [-0.1, -0.05) is 6.07 Å². The average Bonchev–Trinajstić information content (AvgIpc) is 3.15. The Morgan fingerprint density at radius 1 is 0.962 bits per heavy atom. The van der Waals surface area contributed by atoms with Crippen molar-refractivity contribution in [1.29, 1.82) is 0 Å². The van der Waals surface area contributed by atoms with Crippen LogP contribution in [-0.4, -0.2) is 43.8 Å². The number of carbonyl (C=O) groups excluding carboxylic acids is 1. The van der Waals surface area contributed by atoms with Gasteiger partial charge < -0.3 is 19.3 Å².